The van der Waals surface area contributed by atoms with Crippen LogP contribution in [0.3, 0.4) is 0 Å². The predicted molar refractivity (Wildman–Crippen MR) is 81.2 cm³/mol. The maximum Gasteiger partial charge on any atom is 0.336 e. The molecule has 0 radical (unpaired) electrons. The molecule has 0 bridgehead atoms. The van der Waals surface area contributed by atoms with Crippen molar-refractivity contribution in [2.24, 2.45) is 0 Å². The second kappa shape index (κ2) is 4.89. The van der Waals surface area contributed by atoms with Crippen LogP contribution >= 0.6 is 0 Å². The molecule has 1 aliphatic heterocycles. The highest BCUT2D eigenvalue weighted by Crippen LogP contribution is 2.28. The minimum atomic E-state index is -3.13. The third kappa shape index (κ3) is 2.62. The molecule has 108 valence electrons. The first-order valence-corrected chi connectivity index (χ1v) is 8.10. The molecular weight excluding hydrogens is 290 g/mol. The Morgan fingerprint density at radius 3 is 2.48 bits per heavy atom. The first-order valence-electron chi connectivity index (χ1n) is 6.39. The molecule has 3 rings (SSSR count). The summed E-state index contributed by atoms with van der Waals surface area (Å²) in [5.74, 6) is -0.969. The van der Waals surface area contributed by atoms with Crippen molar-refractivity contribution >= 4 is 32.3 Å². The Labute approximate surface area is 121 Å². The highest BCUT2D eigenvalue weighted by Gasteiger charge is 2.22. The van der Waals surface area contributed by atoms with Crippen molar-refractivity contribution < 1.29 is 18.3 Å². The summed E-state index contributed by atoms with van der Waals surface area (Å²) >= 11 is 0. The smallest absolute Gasteiger partial charge is 0.336 e. The zero-order valence-electron chi connectivity index (χ0n) is 11.0. The number of hydrogen-bond acceptors (Lipinski definition) is 4. The highest BCUT2D eigenvalue weighted by molar-refractivity contribution is 7.94. The number of sulfone groups is 1. The number of hydrogen-bond donors (Lipinski definition) is 2. The molecule has 0 aromatic heterocycles. The second-order valence-electron chi connectivity index (χ2n) is 4.92. The molecule has 1 aliphatic rings. The van der Waals surface area contributed by atoms with Crippen LogP contribution < -0.4 is 5.32 Å². The molecule has 0 aliphatic carbocycles. The number of carbonyl (C=O) groups is 1. The maximum atomic E-state index is 11.4. The van der Waals surface area contributed by atoms with Gasteiger partial charge in [-0.1, -0.05) is 30.3 Å². The van der Waals surface area contributed by atoms with E-state index in [0.29, 0.717) is 5.39 Å². The lowest BCUT2D eigenvalue weighted by Crippen LogP contribution is -2.21. The predicted octanol–water partition coefficient (Wildman–Crippen LogP) is 2.26. The molecule has 1 atom stereocenters. The van der Waals surface area contributed by atoms with E-state index in [0.717, 1.165) is 11.1 Å². The molecule has 6 heteroatoms. The lowest BCUT2D eigenvalue weighted by Gasteiger charge is -2.15. The Balaban J connectivity index is 2.03. The normalized spacial score (nSPS) is 19.7. The average Bonchev–Trinajstić information content (AvgIpc) is 2.78. The van der Waals surface area contributed by atoms with Crippen LogP contribution in [0.5, 0.6) is 0 Å². The van der Waals surface area contributed by atoms with E-state index in [-0.39, 0.29) is 17.4 Å². The standard InChI is InChI=1S/C15H13NO4S/c17-15(18)13-5-6-14(12-4-2-1-3-11(12)13)16-10-7-8-21(19,20)9-10/h1-8,10,16H,9H2,(H,17,18). The van der Waals surface area contributed by atoms with Gasteiger partial charge in [0.05, 0.1) is 17.4 Å². The highest BCUT2D eigenvalue weighted by atomic mass is 32.2. The van der Waals surface area contributed by atoms with Crippen LogP contribution in [-0.2, 0) is 9.84 Å². The van der Waals surface area contributed by atoms with E-state index < -0.39 is 15.8 Å². The van der Waals surface area contributed by atoms with E-state index >= 15 is 0 Å². The summed E-state index contributed by atoms with van der Waals surface area (Å²) in [6, 6.07) is 10.1. The summed E-state index contributed by atoms with van der Waals surface area (Å²) in [7, 11) is -3.13. The van der Waals surface area contributed by atoms with Crippen LogP contribution in [0.2, 0.25) is 0 Å². The zero-order valence-corrected chi connectivity index (χ0v) is 11.8. The minimum absolute atomic E-state index is 0.0159. The topological polar surface area (TPSA) is 83.5 Å². The van der Waals surface area contributed by atoms with E-state index in [1.165, 1.54) is 11.5 Å². The molecule has 2 aromatic rings. The van der Waals surface area contributed by atoms with Gasteiger partial charge in [-0.25, -0.2) is 13.2 Å². The zero-order chi connectivity index (χ0) is 15.0. The van der Waals surface area contributed by atoms with Crippen LogP contribution in [-0.4, -0.2) is 31.3 Å². The Bertz CT molecular complexity index is 855. The Kier molecular flexibility index (Phi) is 3.17. The van der Waals surface area contributed by atoms with Gasteiger partial charge < -0.3 is 10.4 Å². The van der Waals surface area contributed by atoms with Crippen molar-refractivity contribution in [3.63, 3.8) is 0 Å². The summed E-state index contributed by atoms with van der Waals surface area (Å²) in [4.78, 5) is 11.2. The van der Waals surface area contributed by atoms with Gasteiger partial charge >= 0.3 is 5.97 Å². The summed E-state index contributed by atoms with van der Waals surface area (Å²) in [5.41, 5.74) is 0.952. The van der Waals surface area contributed by atoms with Gasteiger partial charge in [0.1, 0.15) is 0 Å². The number of aromatic carboxylic acids is 1. The summed E-state index contributed by atoms with van der Waals surface area (Å²) in [6.07, 6.45) is 1.61. The fraction of sp³-hybridized carbons (Fsp3) is 0.133. The number of benzene rings is 2. The van der Waals surface area contributed by atoms with Crippen LogP contribution in [0, 0.1) is 0 Å². The van der Waals surface area contributed by atoms with Gasteiger partial charge in [0, 0.05) is 16.5 Å². The van der Waals surface area contributed by atoms with Crippen molar-refractivity contribution in [2.45, 2.75) is 6.04 Å². The van der Waals surface area contributed by atoms with Crippen molar-refractivity contribution in [1.82, 2.24) is 0 Å². The molecule has 1 heterocycles. The van der Waals surface area contributed by atoms with Crippen LogP contribution in [0.1, 0.15) is 10.4 Å². The summed E-state index contributed by atoms with van der Waals surface area (Å²) in [5, 5.41) is 15.0. The van der Waals surface area contributed by atoms with E-state index in [1.807, 2.05) is 12.1 Å². The molecule has 2 N–H and O–H groups in total. The molecule has 0 saturated heterocycles. The maximum absolute atomic E-state index is 11.4. The fourth-order valence-electron chi connectivity index (χ4n) is 2.48. The number of fused-ring (bicyclic) bond motifs is 1. The van der Waals surface area contributed by atoms with Gasteiger partial charge in [0.25, 0.3) is 0 Å². The van der Waals surface area contributed by atoms with E-state index in [1.54, 1.807) is 24.3 Å². The van der Waals surface area contributed by atoms with Crippen LogP contribution in [0.15, 0.2) is 47.9 Å². The van der Waals surface area contributed by atoms with Gasteiger partial charge in [0.15, 0.2) is 9.84 Å². The molecule has 0 saturated carbocycles. The first-order chi connectivity index (χ1) is 9.96. The van der Waals surface area contributed by atoms with Gasteiger partial charge in [-0.15, -0.1) is 0 Å². The Morgan fingerprint density at radius 1 is 1.14 bits per heavy atom. The van der Waals surface area contributed by atoms with Crippen LogP contribution in [0.4, 0.5) is 5.69 Å². The lowest BCUT2D eigenvalue weighted by atomic mass is 10.0. The molecular formula is C15H13NO4S. The van der Waals surface area contributed by atoms with Gasteiger partial charge in [-0.2, -0.15) is 0 Å². The minimum Gasteiger partial charge on any atom is -0.478 e. The number of carboxylic acid groups (broad SMARTS) is 1. The molecule has 0 amide bonds. The molecule has 0 fully saturated rings. The third-order valence-electron chi connectivity index (χ3n) is 3.43. The molecule has 5 nitrogen and oxygen atoms in total. The van der Waals surface area contributed by atoms with E-state index in [2.05, 4.69) is 5.32 Å². The summed E-state index contributed by atoms with van der Waals surface area (Å²) in [6.45, 7) is 0. The van der Waals surface area contributed by atoms with Gasteiger partial charge in [0.2, 0.25) is 0 Å². The largest absolute Gasteiger partial charge is 0.478 e. The molecule has 1 unspecified atom stereocenters. The lowest BCUT2D eigenvalue weighted by molar-refractivity contribution is 0.0699. The molecule has 21 heavy (non-hydrogen) atoms. The quantitative estimate of drug-likeness (QED) is 0.908. The monoisotopic (exact) mass is 303 g/mol. The van der Waals surface area contributed by atoms with Crippen molar-refractivity contribution in [2.75, 3.05) is 11.1 Å². The molecule has 0 spiro atoms. The SMILES string of the molecule is O=C(O)c1ccc(NC2C=CS(=O)(=O)C2)c2ccccc12. The van der Waals surface area contributed by atoms with Crippen molar-refractivity contribution in [3.8, 4) is 0 Å². The van der Waals surface area contributed by atoms with Gasteiger partial charge in [-0.05, 0) is 17.5 Å². The second-order valence-corrected chi connectivity index (χ2v) is 6.85. The van der Waals surface area contributed by atoms with Crippen molar-refractivity contribution in [3.05, 3.63) is 53.4 Å². The Hall–Kier alpha value is -2.34. The number of anilines is 1. The fourth-order valence-corrected chi connectivity index (χ4v) is 3.71. The Morgan fingerprint density at radius 2 is 1.86 bits per heavy atom. The third-order valence-corrected chi connectivity index (χ3v) is 4.82. The summed E-state index contributed by atoms with van der Waals surface area (Å²) < 4.78 is 22.9. The average molecular weight is 303 g/mol. The molecule has 2 aromatic carbocycles. The number of rotatable bonds is 3. The van der Waals surface area contributed by atoms with Crippen molar-refractivity contribution in [1.29, 1.82) is 0 Å². The van der Waals surface area contributed by atoms with Gasteiger partial charge in [-0.3, -0.25) is 0 Å². The van der Waals surface area contributed by atoms with Crippen LogP contribution in [0.25, 0.3) is 10.8 Å². The number of nitrogens with one attached hydrogen (secondary N) is 1. The first kappa shape index (κ1) is 13.6. The number of carboxylic acids is 1. The van der Waals surface area contributed by atoms with E-state index in [4.69, 9.17) is 0 Å². The van der Waals surface area contributed by atoms with E-state index in [9.17, 15) is 18.3 Å².